The number of rotatable bonds is 6. The van der Waals surface area contributed by atoms with Gasteiger partial charge in [-0.05, 0) is 28.4 Å². The summed E-state index contributed by atoms with van der Waals surface area (Å²) in [6.07, 6.45) is -1.93. The SMILES string of the molecule is NC(CCOCC(F)F)c1cc(Cl)c(Br)s1. The average molecular weight is 335 g/mol. The third-order valence-corrected chi connectivity index (χ3v) is 4.45. The quantitative estimate of drug-likeness (QED) is 0.802. The van der Waals surface area contributed by atoms with E-state index in [9.17, 15) is 8.78 Å². The molecule has 0 aromatic carbocycles. The van der Waals surface area contributed by atoms with Crippen molar-refractivity contribution in [3.8, 4) is 0 Å². The zero-order valence-electron chi connectivity index (χ0n) is 8.26. The van der Waals surface area contributed by atoms with Crippen molar-refractivity contribution in [2.75, 3.05) is 13.2 Å². The maximum Gasteiger partial charge on any atom is 0.261 e. The van der Waals surface area contributed by atoms with Gasteiger partial charge in [0.15, 0.2) is 0 Å². The molecule has 2 nitrogen and oxygen atoms in total. The van der Waals surface area contributed by atoms with Crippen LogP contribution in [0.1, 0.15) is 17.3 Å². The second-order valence-corrected chi connectivity index (χ2v) is 5.94. The van der Waals surface area contributed by atoms with Crippen LogP contribution in [0.15, 0.2) is 9.85 Å². The van der Waals surface area contributed by atoms with Crippen molar-refractivity contribution >= 4 is 38.9 Å². The Bertz CT molecular complexity index is 318. The third kappa shape index (κ3) is 4.63. The van der Waals surface area contributed by atoms with Crippen molar-refractivity contribution in [1.29, 1.82) is 0 Å². The van der Waals surface area contributed by atoms with E-state index in [2.05, 4.69) is 15.9 Å². The smallest absolute Gasteiger partial charge is 0.261 e. The minimum atomic E-state index is -2.43. The van der Waals surface area contributed by atoms with Crippen LogP contribution in [0.5, 0.6) is 0 Å². The molecule has 92 valence electrons. The van der Waals surface area contributed by atoms with Crippen LogP contribution < -0.4 is 5.73 Å². The van der Waals surface area contributed by atoms with E-state index in [-0.39, 0.29) is 12.6 Å². The van der Waals surface area contributed by atoms with Gasteiger partial charge < -0.3 is 10.5 Å². The van der Waals surface area contributed by atoms with E-state index in [1.807, 2.05) is 0 Å². The van der Waals surface area contributed by atoms with Crippen LogP contribution in [0.3, 0.4) is 0 Å². The lowest BCUT2D eigenvalue weighted by atomic mass is 10.2. The van der Waals surface area contributed by atoms with E-state index >= 15 is 0 Å². The van der Waals surface area contributed by atoms with Crippen LogP contribution in [0.4, 0.5) is 8.78 Å². The number of nitrogens with two attached hydrogens (primary N) is 1. The van der Waals surface area contributed by atoms with Gasteiger partial charge in [-0.25, -0.2) is 8.78 Å². The average Bonchev–Trinajstić information content (AvgIpc) is 2.54. The Morgan fingerprint density at radius 2 is 2.25 bits per heavy atom. The van der Waals surface area contributed by atoms with Crippen LogP contribution in [-0.4, -0.2) is 19.6 Å². The van der Waals surface area contributed by atoms with Crippen LogP contribution in [-0.2, 0) is 4.74 Å². The summed E-state index contributed by atoms with van der Waals surface area (Å²) in [5.74, 6) is 0. The molecule has 0 radical (unpaired) electrons. The van der Waals surface area contributed by atoms with Crippen LogP contribution >= 0.6 is 38.9 Å². The number of halogens is 4. The number of ether oxygens (including phenoxy) is 1. The zero-order chi connectivity index (χ0) is 12.1. The lowest BCUT2D eigenvalue weighted by Gasteiger charge is -2.09. The Hall–Kier alpha value is 0.250. The predicted molar refractivity (Wildman–Crippen MR) is 65.4 cm³/mol. The molecule has 16 heavy (non-hydrogen) atoms. The zero-order valence-corrected chi connectivity index (χ0v) is 11.4. The molecule has 1 atom stereocenters. The number of hydrogen-bond acceptors (Lipinski definition) is 3. The number of thiophene rings is 1. The summed E-state index contributed by atoms with van der Waals surface area (Å²) in [5, 5.41) is 0.615. The second-order valence-electron chi connectivity index (χ2n) is 3.13. The molecule has 2 N–H and O–H groups in total. The van der Waals surface area contributed by atoms with Gasteiger partial charge in [0, 0.05) is 17.5 Å². The molecule has 1 aromatic heterocycles. The highest BCUT2D eigenvalue weighted by molar-refractivity contribution is 9.11. The van der Waals surface area contributed by atoms with Gasteiger partial charge in [0.1, 0.15) is 6.61 Å². The molecule has 0 fully saturated rings. The lowest BCUT2D eigenvalue weighted by molar-refractivity contribution is 0.0153. The lowest BCUT2D eigenvalue weighted by Crippen LogP contribution is -2.13. The van der Waals surface area contributed by atoms with Crippen molar-refractivity contribution in [1.82, 2.24) is 0 Å². The third-order valence-electron chi connectivity index (χ3n) is 1.85. The monoisotopic (exact) mass is 333 g/mol. The number of alkyl halides is 2. The first-order valence-electron chi connectivity index (χ1n) is 4.57. The fourth-order valence-electron chi connectivity index (χ4n) is 1.07. The minimum absolute atomic E-state index is 0.221. The largest absolute Gasteiger partial charge is 0.375 e. The molecular weight excluding hydrogens is 324 g/mol. The molecule has 1 heterocycles. The molecular formula is C9H11BrClF2NOS. The van der Waals surface area contributed by atoms with Gasteiger partial charge in [0.25, 0.3) is 6.43 Å². The highest BCUT2D eigenvalue weighted by Gasteiger charge is 2.12. The Kier molecular flexibility index (Phi) is 6.13. The van der Waals surface area contributed by atoms with Crippen LogP contribution in [0, 0.1) is 0 Å². The second kappa shape index (κ2) is 6.86. The predicted octanol–water partition coefficient (Wildman–Crippen LogP) is 3.84. The summed E-state index contributed by atoms with van der Waals surface area (Å²) in [6.45, 7) is -0.319. The Morgan fingerprint density at radius 3 is 2.75 bits per heavy atom. The Balaban J connectivity index is 2.32. The molecule has 1 aromatic rings. The molecule has 1 unspecified atom stereocenters. The van der Waals surface area contributed by atoms with Crippen LogP contribution in [0.25, 0.3) is 0 Å². The normalized spacial score (nSPS) is 13.4. The summed E-state index contributed by atoms with van der Waals surface area (Å²) >= 11 is 10.6. The topological polar surface area (TPSA) is 35.2 Å². The summed E-state index contributed by atoms with van der Waals surface area (Å²) in [4.78, 5) is 0.914. The number of hydrogen-bond donors (Lipinski definition) is 1. The van der Waals surface area contributed by atoms with Crippen molar-refractivity contribution in [2.45, 2.75) is 18.9 Å². The molecule has 0 aliphatic carbocycles. The van der Waals surface area contributed by atoms with E-state index in [1.165, 1.54) is 11.3 Å². The molecule has 0 spiro atoms. The molecule has 7 heteroatoms. The van der Waals surface area contributed by atoms with Gasteiger partial charge in [-0.1, -0.05) is 11.6 Å². The first kappa shape index (κ1) is 14.3. The molecule has 0 bridgehead atoms. The summed E-state index contributed by atoms with van der Waals surface area (Å²) in [7, 11) is 0. The van der Waals surface area contributed by atoms with E-state index in [4.69, 9.17) is 22.1 Å². The molecule has 1 rings (SSSR count). The minimum Gasteiger partial charge on any atom is -0.375 e. The van der Waals surface area contributed by atoms with Crippen molar-refractivity contribution in [3.63, 3.8) is 0 Å². The molecule has 0 aliphatic rings. The van der Waals surface area contributed by atoms with E-state index < -0.39 is 13.0 Å². The van der Waals surface area contributed by atoms with Gasteiger partial charge in [-0.2, -0.15) is 0 Å². The first-order chi connectivity index (χ1) is 7.50. The molecule has 0 aliphatic heterocycles. The summed E-state index contributed by atoms with van der Waals surface area (Å²) in [5.41, 5.74) is 5.86. The molecule has 0 saturated carbocycles. The first-order valence-corrected chi connectivity index (χ1v) is 6.55. The highest BCUT2D eigenvalue weighted by atomic mass is 79.9. The molecule has 0 saturated heterocycles. The fourth-order valence-corrected chi connectivity index (χ4v) is 2.85. The van der Waals surface area contributed by atoms with Crippen molar-refractivity contribution in [2.24, 2.45) is 5.73 Å². The Labute approximate surface area is 110 Å². The van der Waals surface area contributed by atoms with Gasteiger partial charge in [-0.3, -0.25) is 0 Å². The fraction of sp³-hybridized carbons (Fsp3) is 0.556. The Morgan fingerprint density at radius 1 is 1.56 bits per heavy atom. The van der Waals surface area contributed by atoms with Crippen LogP contribution in [0.2, 0.25) is 5.02 Å². The van der Waals surface area contributed by atoms with Gasteiger partial charge >= 0.3 is 0 Å². The van der Waals surface area contributed by atoms with Gasteiger partial charge in [0.05, 0.1) is 8.81 Å². The highest BCUT2D eigenvalue weighted by Crippen LogP contribution is 2.35. The van der Waals surface area contributed by atoms with E-state index in [0.29, 0.717) is 11.4 Å². The van der Waals surface area contributed by atoms with Gasteiger partial charge in [-0.15, -0.1) is 11.3 Å². The van der Waals surface area contributed by atoms with E-state index in [1.54, 1.807) is 6.07 Å². The summed E-state index contributed by atoms with van der Waals surface area (Å²) < 4.78 is 29.1. The maximum absolute atomic E-state index is 11.8. The van der Waals surface area contributed by atoms with Gasteiger partial charge in [0.2, 0.25) is 0 Å². The van der Waals surface area contributed by atoms with E-state index in [0.717, 1.165) is 8.66 Å². The molecule has 0 amide bonds. The summed E-state index contributed by atoms with van der Waals surface area (Å²) in [6, 6.07) is 1.54. The van der Waals surface area contributed by atoms with Crippen molar-refractivity contribution in [3.05, 3.63) is 19.8 Å². The van der Waals surface area contributed by atoms with Crippen molar-refractivity contribution < 1.29 is 13.5 Å². The standard InChI is InChI=1S/C9H11BrClF2NOS/c10-9-5(11)3-7(16-9)6(14)1-2-15-4-8(12)13/h3,6,8H,1-2,4,14H2. The maximum atomic E-state index is 11.8.